The number of rotatable bonds is 2. The number of hydrogen-bond acceptors (Lipinski definition) is 6. The summed E-state index contributed by atoms with van der Waals surface area (Å²) in [7, 11) is 0. The van der Waals surface area contributed by atoms with E-state index in [2.05, 4.69) is 44.7 Å². The van der Waals surface area contributed by atoms with Crippen LogP contribution >= 0.6 is 48.0 Å². The molecule has 0 aromatic carbocycles. The average molecular weight is 234 g/mol. The maximum Gasteiger partial charge on any atom is 0.115 e. The van der Waals surface area contributed by atoms with Crippen molar-refractivity contribution in [1.82, 2.24) is 0 Å². The molecule has 0 aromatic rings. The van der Waals surface area contributed by atoms with Crippen LogP contribution in [0.15, 0.2) is 9.98 Å². The molecular formula is C6H6N2S4. The number of nitrogens with zero attached hydrogens (tertiary/aromatic N) is 2. The van der Waals surface area contributed by atoms with Crippen LogP contribution in [-0.2, 0) is 0 Å². The fourth-order valence-corrected chi connectivity index (χ4v) is 3.56. The third-order valence-corrected chi connectivity index (χ3v) is 4.22. The summed E-state index contributed by atoms with van der Waals surface area (Å²) in [5.41, 5.74) is 0. The Kier molecular flexibility index (Phi) is 5.07. The highest BCUT2D eigenvalue weighted by Crippen LogP contribution is 2.30. The monoisotopic (exact) mass is 234 g/mol. The maximum absolute atomic E-state index is 4.52. The Balaban J connectivity index is 2.38. The molecule has 1 heterocycles. The smallest absolute Gasteiger partial charge is 0.115 e. The number of thiocarbonyl (C=S) groups is 2. The van der Waals surface area contributed by atoms with E-state index in [1.165, 1.54) is 0 Å². The molecule has 1 fully saturated rings. The van der Waals surface area contributed by atoms with E-state index in [0.29, 0.717) is 0 Å². The molecule has 1 aliphatic heterocycles. The first-order valence-electron chi connectivity index (χ1n) is 3.24. The first kappa shape index (κ1) is 10.4. The van der Waals surface area contributed by atoms with Crippen molar-refractivity contribution in [3.8, 4) is 0 Å². The molecule has 0 aromatic heterocycles. The molecule has 0 aliphatic carbocycles. The standard InChI is InChI=1S/C6H6N2S4/c9-3-7-5-1-11-6(2-12-5)8-4-10/h5-6H,1-2H2. The molecule has 1 aliphatic rings. The minimum absolute atomic E-state index is 0.254. The lowest BCUT2D eigenvalue weighted by molar-refractivity contribution is 0.993. The van der Waals surface area contributed by atoms with Crippen molar-refractivity contribution < 1.29 is 0 Å². The second-order valence-corrected chi connectivity index (χ2v) is 4.80. The van der Waals surface area contributed by atoms with Crippen LogP contribution in [0.4, 0.5) is 0 Å². The van der Waals surface area contributed by atoms with Crippen LogP contribution in [0.2, 0.25) is 0 Å². The van der Waals surface area contributed by atoms with E-state index in [1.54, 1.807) is 23.5 Å². The Bertz CT molecular complexity index is 208. The van der Waals surface area contributed by atoms with Gasteiger partial charge in [0.2, 0.25) is 0 Å². The van der Waals surface area contributed by atoms with Crippen molar-refractivity contribution in [2.75, 3.05) is 11.5 Å². The van der Waals surface area contributed by atoms with Crippen molar-refractivity contribution in [3.05, 3.63) is 0 Å². The fourth-order valence-electron chi connectivity index (χ4n) is 0.750. The SMILES string of the molecule is S=C=NC1CSC(N=C=S)CS1. The molecule has 0 bridgehead atoms. The molecule has 12 heavy (non-hydrogen) atoms. The molecule has 0 radical (unpaired) electrons. The summed E-state index contributed by atoms with van der Waals surface area (Å²) in [6.07, 6.45) is 0. The van der Waals surface area contributed by atoms with E-state index >= 15 is 0 Å². The second-order valence-electron chi connectivity index (χ2n) is 2.02. The molecule has 6 heteroatoms. The van der Waals surface area contributed by atoms with Crippen LogP contribution < -0.4 is 0 Å². The summed E-state index contributed by atoms with van der Waals surface area (Å²) in [4.78, 5) is 7.99. The molecule has 0 amide bonds. The van der Waals surface area contributed by atoms with Gasteiger partial charge in [-0.05, 0) is 24.4 Å². The van der Waals surface area contributed by atoms with Crippen LogP contribution in [0.1, 0.15) is 0 Å². The fraction of sp³-hybridized carbons (Fsp3) is 0.667. The third-order valence-electron chi connectivity index (χ3n) is 1.26. The Morgan fingerprint density at radius 2 is 1.42 bits per heavy atom. The van der Waals surface area contributed by atoms with Gasteiger partial charge in [0.25, 0.3) is 0 Å². The van der Waals surface area contributed by atoms with E-state index in [4.69, 9.17) is 0 Å². The number of thioether (sulfide) groups is 2. The van der Waals surface area contributed by atoms with Gasteiger partial charge in [-0.25, -0.2) is 9.98 Å². The Morgan fingerprint density at radius 3 is 1.67 bits per heavy atom. The molecule has 1 rings (SSSR count). The predicted octanol–water partition coefficient (Wildman–Crippen LogP) is 2.32. The molecule has 2 nitrogen and oxygen atoms in total. The summed E-state index contributed by atoms with van der Waals surface area (Å²) in [5.74, 6) is 1.86. The van der Waals surface area contributed by atoms with Crippen LogP contribution in [0.5, 0.6) is 0 Å². The summed E-state index contributed by atoms with van der Waals surface area (Å²) in [6.45, 7) is 0. The van der Waals surface area contributed by atoms with E-state index in [0.717, 1.165) is 11.5 Å². The number of isothiocyanates is 2. The highest BCUT2D eigenvalue weighted by molar-refractivity contribution is 8.07. The van der Waals surface area contributed by atoms with E-state index < -0.39 is 0 Å². The van der Waals surface area contributed by atoms with Crippen molar-refractivity contribution >= 4 is 58.3 Å². The van der Waals surface area contributed by atoms with Gasteiger partial charge < -0.3 is 0 Å². The summed E-state index contributed by atoms with van der Waals surface area (Å²) < 4.78 is 0. The molecule has 2 unspecified atom stereocenters. The molecule has 2 atom stereocenters. The lowest BCUT2D eigenvalue weighted by Crippen LogP contribution is -2.17. The van der Waals surface area contributed by atoms with Crippen molar-refractivity contribution in [2.24, 2.45) is 9.98 Å². The van der Waals surface area contributed by atoms with E-state index in [1.807, 2.05) is 0 Å². The lowest BCUT2D eigenvalue weighted by Gasteiger charge is -2.20. The molecule has 0 N–H and O–H groups in total. The first-order chi connectivity index (χ1) is 5.86. The Morgan fingerprint density at radius 1 is 1.00 bits per heavy atom. The van der Waals surface area contributed by atoms with Crippen molar-refractivity contribution in [3.63, 3.8) is 0 Å². The van der Waals surface area contributed by atoms with Gasteiger partial charge in [-0.15, -0.1) is 23.5 Å². The van der Waals surface area contributed by atoms with E-state index in [9.17, 15) is 0 Å². The summed E-state index contributed by atoms with van der Waals surface area (Å²) in [6, 6.07) is 0. The van der Waals surface area contributed by atoms with Crippen LogP contribution in [-0.4, -0.2) is 32.6 Å². The molecular weight excluding hydrogens is 228 g/mol. The van der Waals surface area contributed by atoms with Gasteiger partial charge in [0.05, 0.1) is 10.3 Å². The minimum atomic E-state index is 0.254. The largest absolute Gasteiger partial charge is 0.217 e. The van der Waals surface area contributed by atoms with Gasteiger partial charge in [0.15, 0.2) is 0 Å². The lowest BCUT2D eigenvalue weighted by atomic mass is 10.7. The molecule has 1 saturated heterocycles. The van der Waals surface area contributed by atoms with Crippen molar-refractivity contribution in [2.45, 2.75) is 10.7 Å². The first-order valence-corrected chi connectivity index (χ1v) is 6.15. The zero-order valence-electron chi connectivity index (χ0n) is 6.10. The molecule has 0 spiro atoms. The van der Waals surface area contributed by atoms with Crippen molar-refractivity contribution in [1.29, 1.82) is 0 Å². The normalized spacial score (nSPS) is 28.3. The average Bonchev–Trinajstić information content (AvgIpc) is 2.09. The minimum Gasteiger partial charge on any atom is -0.217 e. The van der Waals surface area contributed by atoms with Gasteiger partial charge in [-0.3, -0.25) is 0 Å². The van der Waals surface area contributed by atoms with Crippen LogP contribution in [0, 0.1) is 0 Å². The van der Waals surface area contributed by atoms with E-state index in [-0.39, 0.29) is 10.7 Å². The van der Waals surface area contributed by atoms with Crippen LogP contribution in [0.25, 0.3) is 0 Å². The quantitative estimate of drug-likeness (QED) is 0.541. The third kappa shape index (κ3) is 3.35. The van der Waals surface area contributed by atoms with Gasteiger partial charge >= 0.3 is 0 Å². The highest BCUT2D eigenvalue weighted by Gasteiger charge is 2.20. The maximum atomic E-state index is 4.52. The molecule has 64 valence electrons. The molecule has 0 saturated carbocycles. The zero-order valence-corrected chi connectivity index (χ0v) is 9.36. The van der Waals surface area contributed by atoms with Gasteiger partial charge in [0, 0.05) is 11.5 Å². The predicted molar refractivity (Wildman–Crippen MR) is 62.5 cm³/mol. The summed E-state index contributed by atoms with van der Waals surface area (Å²) >= 11 is 12.5. The zero-order chi connectivity index (χ0) is 8.81. The number of hydrogen-bond donors (Lipinski definition) is 0. The number of aliphatic imine (C=N–C) groups is 2. The summed E-state index contributed by atoms with van der Waals surface area (Å²) in [5, 5.41) is 5.29. The Labute approximate surface area is 90.3 Å². The van der Waals surface area contributed by atoms with Gasteiger partial charge in [-0.2, -0.15) is 0 Å². The van der Waals surface area contributed by atoms with Gasteiger partial charge in [-0.1, -0.05) is 0 Å². The Hall–Kier alpha value is 0.300. The highest BCUT2D eigenvalue weighted by atomic mass is 32.2. The topological polar surface area (TPSA) is 24.7 Å². The van der Waals surface area contributed by atoms with Gasteiger partial charge in [0.1, 0.15) is 10.7 Å². The second kappa shape index (κ2) is 5.86. The van der Waals surface area contributed by atoms with Crippen LogP contribution in [0.3, 0.4) is 0 Å².